The predicted molar refractivity (Wildman–Crippen MR) is 61.7 cm³/mol. The molecule has 1 unspecified atom stereocenters. The topological polar surface area (TPSA) is 32.3 Å². The van der Waals surface area contributed by atoms with Crippen molar-refractivity contribution in [3.63, 3.8) is 0 Å². The van der Waals surface area contributed by atoms with Gasteiger partial charge in [0.25, 0.3) is 0 Å². The molecule has 2 nitrogen and oxygen atoms in total. The summed E-state index contributed by atoms with van der Waals surface area (Å²) in [6.45, 7) is 8.40. The van der Waals surface area contributed by atoms with Crippen LogP contribution in [0.3, 0.4) is 0 Å². The average Bonchev–Trinajstić information content (AvgIpc) is 2.46. The van der Waals surface area contributed by atoms with Crippen molar-refractivity contribution in [2.45, 2.75) is 27.3 Å². The maximum atomic E-state index is 8.84. The number of nitrogens with one attached hydrogen (secondary N) is 1. The zero-order chi connectivity index (χ0) is 10.6. The van der Waals surface area contributed by atoms with Gasteiger partial charge in [-0.2, -0.15) is 0 Å². The third-order valence-electron chi connectivity index (χ3n) is 2.32. The molecular weight excluding hydrogens is 194 g/mol. The average molecular weight is 213 g/mol. The molecule has 14 heavy (non-hydrogen) atoms. The Kier molecular flexibility index (Phi) is 4.58. The van der Waals surface area contributed by atoms with Gasteiger partial charge in [0.2, 0.25) is 0 Å². The molecule has 1 aromatic heterocycles. The van der Waals surface area contributed by atoms with Crippen LogP contribution in [0.5, 0.6) is 0 Å². The lowest BCUT2D eigenvalue weighted by Gasteiger charge is -2.07. The third-order valence-corrected chi connectivity index (χ3v) is 3.47. The number of rotatable bonds is 5. The van der Waals surface area contributed by atoms with Gasteiger partial charge >= 0.3 is 0 Å². The van der Waals surface area contributed by atoms with E-state index in [1.165, 1.54) is 15.3 Å². The van der Waals surface area contributed by atoms with Gasteiger partial charge in [-0.25, -0.2) is 0 Å². The molecule has 0 saturated carbocycles. The molecule has 0 bridgehead atoms. The van der Waals surface area contributed by atoms with Gasteiger partial charge in [-0.1, -0.05) is 6.92 Å². The van der Waals surface area contributed by atoms with Gasteiger partial charge in [0.1, 0.15) is 0 Å². The maximum absolute atomic E-state index is 8.84. The minimum Gasteiger partial charge on any atom is -0.396 e. The summed E-state index contributed by atoms with van der Waals surface area (Å²) in [5.74, 6) is 0.345. The monoisotopic (exact) mass is 213 g/mol. The highest BCUT2D eigenvalue weighted by molar-refractivity contribution is 7.12. The Morgan fingerprint density at radius 1 is 1.50 bits per heavy atom. The number of aliphatic hydroxyl groups is 1. The first kappa shape index (κ1) is 11.7. The van der Waals surface area contributed by atoms with Gasteiger partial charge in [0.15, 0.2) is 0 Å². The van der Waals surface area contributed by atoms with E-state index in [9.17, 15) is 0 Å². The van der Waals surface area contributed by atoms with Crippen molar-refractivity contribution in [2.75, 3.05) is 13.2 Å². The van der Waals surface area contributed by atoms with Crippen LogP contribution in [-0.4, -0.2) is 18.3 Å². The second-order valence-electron chi connectivity index (χ2n) is 3.87. The minimum absolute atomic E-state index is 0.259. The van der Waals surface area contributed by atoms with Crippen molar-refractivity contribution in [2.24, 2.45) is 5.92 Å². The smallest absolute Gasteiger partial charge is 0.0468 e. The fourth-order valence-corrected chi connectivity index (χ4v) is 2.27. The standard InChI is InChI=1S/C11H19NOS/c1-8(7-13)5-12-6-11-4-9(2)10(3)14-11/h4,8,12-13H,5-7H2,1-3H3. The van der Waals surface area contributed by atoms with Crippen molar-refractivity contribution in [1.82, 2.24) is 5.32 Å². The van der Waals surface area contributed by atoms with Crippen LogP contribution in [0, 0.1) is 19.8 Å². The van der Waals surface area contributed by atoms with E-state index in [1.54, 1.807) is 0 Å². The molecule has 0 spiro atoms. The number of thiophene rings is 1. The molecule has 0 saturated heterocycles. The zero-order valence-electron chi connectivity index (χ0n) is 9.13. The van der Waals surface area contributed by atoms with Crippen LogP contribution in [0.15, 0.2) is 6.07 Å². The van der Waals surface area contributed by atoms with Gasteiger partial charge in [0, 0.05) is 29.5 Å². The van der Waals surface area contributed by atoms with Crippen LogP contribution >= 0.6 is 11.3 Å². The Balaban J connectivity index is 2.31. The summed E-state index contributed by atoms with van der Waals surface area (Å²) in [5.41, 5.74) is 1.38. The molecule has 0 aliphatic heterocycles. The van der Waals surface area contributed by atoms with E-state index in [2.05, 4.69) is 25.2 Å². The summed E-state index contributed by atoms with van der Waals surface area (Å²) in [7, 11) is 0. The quantitative estimate of drug-likeness (QED) is 0.785. The highest BCUT2D eigenvalue weighted by Crippen LogP contribution is 2.20. The van der Waals surface area contributed by atoms with Gasteiger partial charge in [0.05, 0.1) is 0 Å². The summed E-state index contributed by atoms with van der Waals surface area (Å²) >= 11 is 1.85. The molecule has 1 aromatic rings. The van der Waals surface area contributed by atoms with Crippen LogP contribution in [0.4, 0.5) is 0 Å². The molecule has 3 heteroatoms. The Hall–Kier alpha value is -0.380. The summed E-state index contributed by atoms with van der Waals surface area (Å²) in [4.78, 5) is 2.78. The van der Waals surface area contributed by atoms with Crippen molar-refractivity contribution in [3.05, 3.63) is 21.4 Å². The van der Waals surface area contributed by atoms with Gasteiger partial charge in [-0.15, -0.1) is 11.3 Å². The van der Waals surface area contributed by atoms with Crippen molar-refractivity contribution in [3.8, 4) is 0 Å². The number of hydrogen-bond acceptors (Lipinski definition) is 3. The fourth-order valence-electron chi connectivity index (χ4n) is 1.24. The number of aliphatic hydroxyl groups excluding tert-OH is 1. The van der Waals surface area contributed by atoms with E-state index in [0.717, 1.165) is 13.1 Å². The lowest BCUT2D eigenvalue weighted by molar-refractivity contribution is 0.233. The van der Waals surface area contributed by atoms with Crippen LogP contribution in [0.25, 0.3) is 0 Å². The molecule has 0 aliphatic carbocycles. The molecule has 80 valence electrons. The molecule has 0 aromatic carbocycles. The Morgan fingerprint density at radius 3 is 2.71 bits per heavy atom. The molecule has 1 atom stereocenters. The number of hydrogen-bond donors (Lipinski definition) is 2. The van der Waals surface area contributed by atoms with Crippen LogP contribution in [-0.2, 0) is 6.54 Å². The first-order valence-electron chi connectivity index (χ1n) is 5.01. The zero-order valence-corrected chi connectivity index (χ0v) is 9.95. The SMILES string of the molecule is Cc1cc(CNCC(C)CO)sc1C. The van der Waals surface area contributed by atoms with Crippen molar-refractivity contribution < 1.29 is 5.11 Å². The molecule has 1 heterocycles. The normalized spacial score (nSPS) is 13.1. The third kappa shape index (κ3) is 3.40. The summed E-state index contributed by atoms with van der Waals surface area (Å²) < 4.78 is 0. The second-order valence-corrected chi connectivity index (χ2v) is 5.21. The van der Waals surface area contributed by atoms with Gasteiger partial charge in [-0.3, -0.25) is 0 Å². The number of aryl methyl sites for hydroxylation is 2. The molecular formula is C11H19NOS. The molecule has 0 fully saturated rings. The van der Waals surface area contributed by atoms with Crippen molar-refractivity contribution >= 4 is 11.3 Å². The molecule has 1 rings (SSSR count). The maximum Gasteiger partial charge on any atom is 0.0468 e. The summed E-state index contributed by atoms with van der Waals surface area (Å²) in [5, 5.41) is 12.2. The first-order valence-corrected chi connectivity index (χ1v) is 5.82. The predicted octanol–water partition coefficient (Wildman–Crippen LogP) is 2.08. The molecule has 0 radical (unpaired) electrons. The Bertz CT molecular complexity index is 263. The van der Waals surface area contributed by atoms with Crippen LogP contribution < -0.4 is 5.32 Å². The van der Waals surface area contributed by atoms with E-state index < -0.39 is 0 Å². The van der Waals surface area contributed by atoms with Crippen LogP contribution in [0.2, 0.25) is 0 Å². The summed E-state index contributed by atoms with van der Waals surface area (Å²) in [6.07, 6.45) is 0. The Morgan fingerprint density at radius 2 is 2.21 bits per heavy atom. The van der Waals surface area contributed by atoms with E-state index >= 15 is 0 Å². The van der Waals surface area contributed by atoms with Gasteiger partial charge in [-0.05, 0) is 31.4 Å². The lowest BCUT2D eigenvalue weighted by Crippen LogP contribution is -2.22. The Labute approximate surface area is 90.0 Å². The highest BCUT2D eigenvalue weighted by atomic mass is 32.1. The van der Waals surface area contributed by atoms with E-state index in [1.807, 2.05) is 18.3 Å². The molecule has 0 amide bonds. The summed E-state index contributed by atoms with van der Waals surface area (Å²) in [6, 6.07) is 2.23. The lowest BCUT2D eigenvalue weighted by atomic mass is 10.2. The van der Waals surface area contributed by atoms with Crippen molar-refractivity contribution in [1.29, 1.82) is 0 Å². The van der Waals surface area contributed by atoms with E-state index in [4.69, 9.17) is 5.11 Å². The van der Waals surface area contributed by atoms with E-state index in [-0.39, 0.29) is 6.61 Å². The van der Waals surface area contributed by atoms with Crippen LogP contribution in [0.1, 0.15) is 22.2 Å². The first-order chi connectivity index (χ1) is 6.63. The largest absolute Gasteiger partial charge is 0.396 e. The van der Waals surface area contributed by atoms with E-state index in [0.29, 0.717) is 5.92 Å². The second kappa shape index (κ2) is 5.49. The molecule has 2 N–H and O–H groups in total. The minimum atomic E-state index is 0.259. The van der Waals surface area contributed by atoms with Gasteiger partial charge < -0.3 is 10.4 Å². The fraction of sp³-hybridized carbons (Fsp3) is 0.636. The molecule has 0 aliphatic rings. The highest BCUT2D eigenvalue weighted by Gasteiger charge is 2.02.